The quantitative estimate of drug-likeness (QED) is 0.623. The molecule has 0 aliphatic heterocycles. The summed E-state index contributed by atoms with van der Waals surface area (Å²) in [6.45, 7) is 7.41. The van der Waals surface area contributed by atoms with E-state index in [1.807, 2.05) is 39.8 Å². The molecule has 1 heterocycles. The summed E-state index contributed by atoms with van der Waals surface area (Å²) in [4.78, 5) is 16.3. The first-order valence-electron chi connectivity index (χ1n) is 6.99. The van der Waals surface area contributed by atoms with Crippen LogP contribution in [0.1, 0.15) is 36.7 Å². The Morgan fingerprint density at radius 1 is 1.35 bits per heavy atom. The van der Waals surface area contributed by atoms with E-state index in [-0.39, 0.29) is 32.7 Å². The number of hydrogen-bond acceptors (Lipinski definition) is 5. The average Bonchev–Trinajstić information content (AvgIpc) is 2.39. The van der Waals surface area contributed by atoms with Crippen molar-refractivity contribution < 1.29 is 42.2 Å². The van der Waals surface area contributed by atoms with Gasteiger partial charge in [0.2, 0.25) is 0 Å². The fourth-order valence-electron chi connectivity index (χ4n) is 1.87. The summed E-state index contributed by atoms with van der Waals surface area (Å²) in [6.07, 6.45) is 1.43. The number of benzene rings is 1. The second kappa shape index (κ2) is 7.89. The van der Waals surface area contributed by atoms with Gasteiger partial charge in [-0.3, -0.25) is 0 Å². The van der Waals surface area contributed by atoms with Gasteiger partial charge in [0.05, 0.1) is 5.69 Å². The predicted octanol–water partition coefficient (Wildman–Crippen LogP) is 3.47. The van der Waals surface area contributed by atoms with Gasteiger partial charge >= 0.3 is 5.97 Å². The molecule has 0 bridgehead atoms. The fourth-order valence-corrected chi connectivity index (χ4v) is 1.87. The third-order valence-corrected chi connectivity index (χ3v) is 2.88. The molecule has 5 nitrogen and oxygen atoms in total. The molecule has 1 radical (unpaired) electrons. The number of nitrogens with one attached hydrogen (secondary N) is 1. The van der Waals surface area contributed by atoms with Crippen LogP contribution in [-0.4, -0.2) is 16.6 Å². The van der Waals surface area contributed by atoms with Crippen molar-refractivity contribution in [2.24, 2.45) is 0 Å². The number of carbonyl (C=O) groups is 1. The van der Waals surface area contributed by atoms with E-state index in [2.05, 4.69) is 16.4 Å². The van der Waals surface area contributed by atoms with Crippen molar-refractivity contribution in [3.63, 3.8) is 0 Å². The molecular weight excluding hydrogens is 367 g/mol. The van der Waals surface area contributed by atoms with Gasteiger partial charge in [0.1, 0.15) is 17.0 Å². The number of nitrogen functional groups attached to an aromatic ring is 1. The third kappa shape index (κ3) is 5.59. The van der Waals surface area contributed by atoms with E-state index in [1.165, 1.54) is 6.20 Å². The number of ether oxygens (including phenoxy) is 1. The standard InChI is InChI=1S/C17H20N3O2.Y/c1-11-7-5-6-8-13(11)20-14-9-15(18)19-10-12(14)16(21)22-17(2,3)4;/h6-10H,1-4H3,(H3,18,19,20);/q-1;. The van der Waals surface area contributed by atoms with Crippen LogP contribution >= 0.6 is 0 Å². The average molecular weight is 387 g/mol. The molecule has 0 amide bonds. The van der Waals surface area contributed by atoms with E-state index < -0.39 is 11.6 Å². The normalized spacial score (nSPS) is 10.6. The van der Waals surface area contributed by atoms with Crippen LogP contribution in [0.3, 0.4) is 0 Å². The number of aryl methyl sites for hydroxylation is 1. The molecule has 0 saturated heterocycles. The zero-order valence-corrected chi connectivity index (χ0v) is 16.6. The van der Waals surface area contributed by atoms with E-state index in [9.17, 15) is 4.79 Å². The number of hydrogen-bond donors (Lipinski definition) is 2. The summed E-state index contributed by atoms with van der Waals surface area (Å²) in [7, 11) is 0. The first-order valence-corrected chi connectivity index (χ1v) is 6.99. The van der Waals surface area contributed by atoms with Gasteiger partial charge in [-0.1, -0.05) is 12.6 Å². The summed E-state index contributed by atoms with van der Waals surface area (Å²) in [5.41, 5.74) is 7.95. The maximum atomic E-state index is 12.3. The van der Waals surface area contributed by atoms with Crippen molar-refractivity contribution in [3.8, 4) is 0 Å². The summed E-state index contributed by atoms with van der Waals surface area (Å²) in [5.74, 6) is -0.113. The number of esters is 1. The number of pyridine rings is 1. The molecule has 0 saturated carbocycles. The molecule has 0 aliphatic rings. The summed E-state index contributed by atoms with van der Waals surface area (Å²) in [5, 5.41) is 3.21. The Bertz CT molecular complexity index is 696. The molecule has 3 N–H and O–H groups in total. The van der Waals surface area contributed by atoms with Crippen molar-refractivity contribution in [1.82, 2.24) is 4.98 Å². The van der Waals surface area contributed by atoms with Crippen LogP contribution < -0.4 is 11.1 Å². The van der Waals surface area contributed by atoms with Crippen molar-refractivity contribution >= 4 is 23.2 Å². The molecule has 2 rings (SSSR count). The molecule has 0 aliphatic carbocycles. The number of carbonyl (C=O) groups excluding carboxylic acids is 1. The molecule has 1 aromatic heterocycles. The van der Waals surface area contributed by atoms with Crippen LogP contribution in [0, 0.1) is 13.0 Å². The molecule has 0 atom stereocenters. The molecular formula is C17H20N3O2Y-. The molecule has 6 heteroatoms. The summed E-state index contributed by atoms with van der Waals surface area (Å²) in [6, 6.07) is 10.2. The van der Waals surface area contributed by atoms with Crippen LogP contribution in [0.4, 0.5) is 17.2 Å². The van der Waals surface area contributed by atoms with Gasteiger partial charge in [0.15, 0.2) is 0 Å². The van der Waals surface area contributed by atoms with Crippen LogP contribution in [-0.2, 0) is 37.4 Å². The predicted molar refractivity (Wildman–Crippen MR) is 87.1 cm³/mol. The zero-order valence-electron chi connectivity index (χ0n) is 13.8. The first-order chi connectivity index (χ1) is 10.3. The number of aromatic nitrogens is 1. The SMILES string of the molecule is Cc1c[c-]ccc1Nc1cc(N)ncc1C(=O)OC(C)(C)C.[Y]. The molecule has 0 spiro atoms. The van der Waals surface area contributed by atoms with Crippen LogP contribution in [0.2, 0.25) is 0 Å². The van der Waals surface area contributed by atoms with Crippen molar-refractivity contribution in [2.45, 2.75) is 33.3 Å². The van der Waals surface area contributed by atoms with Crippen LogP contribution in [0.15, 0.2) is 30.5 Å². The van der Waals surface area contributed by atoms with E-state index in [4.69, 9.17) is 10.5 Å². The topological polar surface area (TPSA) is 77.2 Å². The summed E-state index contributed by atoms with van der Waals surface area (Å²) < 4.78 is 5.41. The van der Waals surface area contributed by atoms with E-state index >= 15 is 0 Å². The van der Waals surface area contributed by atoms with Crippen molar-refractivity contribution in [2.75, 3.05) is 11.1 Å². The Morgan fingerprint density at radius 2 is 2.04 bits per heavy atom. The molecule has 0 unspecified atom stereocenters. The van der Waals surface area contributed by atoms with Crippen molar-refractivity contribution in [3.05, 3.63) is 47.7 Å². The summed E-state index contributed by atoms with van der Waals surface area (Å²) >= 11 is 0. The molecule has 2 aromatic rings. The first kappa shape index (κ1) is 19.6. The minimum atomic E-state index is -0.576. The Hall–Kier alpha value is -1.46. The number of nitrogens with two attached hydrogens (primary N) is 1. The largest absolute Gasteiger partial charge is 0.456 e. The number of rotatable bonds is 3. The number of nitrogens with zero attached hydrogens (tertiary/aromatic N) is 1. The molecule has 0 fully saturated rings. The van der Waals surface area contributed by atoms with E-state index in [1.54, 1.807) is 12.1 Å². The Labute approximate surface area is 161 Å². The molecule has 23 heavy (non-hydrogen) atoms. The minimum absolute atomic E-state index is 0. The number of anilines is 3. The van der Waals surface area contributed by atoms with Gasteiger partial charge in [-0.25, -0.2) is 9.78 Å². The minimum Gasteiger partial charge on any atom is -0.456 e. The van der Waals surface area contributed by atoms with Crippen molar-refractivity contribution in [1.29, 1.82) is 0 Å². The second-order valence-electron chi connectivity index (χ2n) is 6.02. The van der Waals surface area contributed by atoms with Crippen LogP contribution in [0.5, 0.6) is 0 Å². The van der Waals surface area contributed by atoms with Gasteiger partial charge in [-0.15, -0.1) is 11.6 Å². The maximum Gasteiger partial charge on any atom is 0.342 e. The Balaban J connectivity index is 0.00000264. The second-order valence-corrected chi connectivity index (χ2v) is 6.02. The van der Waals surface area contributed by atoms with Gasteiger partial charge < -0.3 is 15.8 Å². The monoisotopic (exact) mass is 387 g/mol. The van der Waals surface area contributed by atoms with E-state index in [0.717, 1.165) is 11.3 Å². The van der Waals surface area contributed by atoms with Gasteiger partial charge in [0.25, 0.3) is 0 Å². The fraction of sp³-hybridized carbons (Fsp3) is 0.294. The smallest absolute Gasteiger partial charge is 0.342 e. The third-order valence-electron chi connectivity index (χ3n) is 2.88. The van der Waals surface area contributed by atoms with Gasteiger partial charge in [-0.05, 0) is 20.8 Å². The van der Waals surface area contributed by atoms with Gasteiger partial charge in [0, 0.05) is 45.0 Å². The zero-order chi connectivity index (χ0) is 16.3. The Kier molecular flexibility index (Phi) is 6.72. The van der Waals surface area contributed by atoms with E-state index in [0.29, 0.717) is 17.1 Å². The van der Waals surface area contributed by atoms with Crippen LogP contribution in [0.25, 0.3) is 0 Å². The Morgan fingerprint density at radius 3 is 2.65 bits per heavy atom. The molecule has 1 aromatic carbocycles. The maximum absolute atomic E-state index is 12.3. The van der Waals surface area contributed by atoms with Gasteiger partial charge in [-0.2, -0.15) is 18.2 Å². The molecule has 119 valence electrons.